The first-order chi connectivity index (χ1) is 48.0. The average Bonchev–Trinajstić information content (AvgIpc) is 0.834. The minimum Gasteiger partial charge on any atom is -0.448 e. The van der Waals surface area contributed by atoms with Gasteiger partial charge in [-0.2, -0.15) is 0 Å². The van der Waals surface area contributed by atoms with E-state index in [0.29, 0.717) is 93.0 Å². The van der Waals surface area contributed by atoms with Crippen LogP contribution in [0.25, 0.3) is 0 Å². The van der Waals surface area contributed by atoms with Crippen LogP contribution < -0.4 is 30.7 Å². The van der Waals surface area contributed by atoms with Gasteiger partial charge < -0.3 is 47.4 Å². The van der Waals surface area contributed by atoms with Gasteiger partial charge in [0.15, 0.2) is 0 Å². The largest absolute Gasteiger partial charge is 0.448 e. The molecule has 0 aliphatic carbocycles. The lowest BCUT2D eigenvalue weighted by molar-refractivity contribution is -0.0828. The molecule has 0 unspecified atom stereocenters. The number of ether oxygens (including phenoxy) is 10. The van der Waals surface area contributed by atoms with E-state index in [1.807, 2.05) is 121 Å². The van der Waals surface area contributed by atoms with Crippen LogP contribution in [-0.2, 0) is 74.4 Å². The zero-order chi connectivity index (χ0) is 72.8. The van der Waals surface area contributed by atoms with Gasteiger partial charge in [0, 0.05) is 29.9 Å². The number of carbonyl (C=O) groups is 4. The average molecular weight is 1370 g/mol. The molecule has 0 heterocycles. The summed E-state index contributed by atoms with van der Waals surface area (Å²) in [4.78, 5) is 50.9. The Morgan fingerprint density at radius 2 is 0.620 bits per heavy atom. The van der Waals surface area contributed by atoms with Crippen LogP contribution in [0.3, 0.4) is 0 Å². The van der Waals surface area contributed by atoms with Gasteiger partial charge in [-0.3, -0.25) is 21.3 Å². The molecule has 18 heteroatoms. The molecule has 6 rings (SSSR count). The van der Waals surface area contributed by atoms with E-state index in [1.165, 1.54) is 0 Å². The quantitative estimate of drug-likeness (QED) is 0.0208. The molecule has 100 heavy (non-hydrogen) atoms. The first-order valence-corrected chi connectivity index (χ1v) is 33.1. The van der Waals surface area contributed by atoms with Crippen molar-refractivity contribution in [2.75, 3.05) is 114 Å². The molecule has 0 bridgehead atoms. The van der Waals surface area contributed by atoms with Crippen LogP contribution in [0.1, 0.15) is 86.1 Å². The van der Waals surface area contributed by atoms with E-state index < -0.39 is 35.2 Å². The normalized spacial score (nSPS) is 11.3. The third-order valence-corrected chi connectivity index (χ3v) is 15.3. The summed E-state index contributed by atoms with van der Waals surface area (Å²) in [7, 11) is 1.58. The van der Waals surface area contributed by atoms with E-state index in [9.17, 15) is 19.2 Å². The van der Waals surface area contributed by atoms with Crippen molar-refractivity contribution in [2.45, 2.75) is 78.1 Å². The highest BCUT2D eigenvalue weighted by molar-refractivity contribution is 5.88. The molecule has 0 fully saturated rings. The monoisotopic (exact) mass is 1370 g/mol. The maximum absolute atomic E-state index is 12.8. The van der Waals surface area contributed by atoms with E-state index in [-0.39, 0.29) is 63.7 Å². The highest BCUT2D eigenvalue weighted by Gasteiger charge is 2.35. The number of allylic oxidation sites excluding steroid dienone is 2. The number of hydrogen-bond donors (Lipinski definition) is 4. The summed E-state index contributed by atoms with van der Waals surface area (Å²) >= 11 is 0. The van der Waals surface area contributed by atoms with Crippen molar-refractivity contribution >= 4 is 47.1 Å². The highest BCUT2D eigenvalue weighted by atomic mass is 16.6. The topological polar surface area (TPSA) is 209 Å². The van der Waals surface area contributed by atoms with Crippen LogP contribution in [0, 0.1) is 10.8 Å². The second-order valence-corrected chi connectivity index (χ2v) is 26.2. The van der Waals surface area contributed by atoms with Crippen LogP contribution in [0.15, 0.2) is 222 Å². The molecule has 6 aromatic rings. The molecule has 0 spiro atoms. The first kappa shape index (κ1) is 81.0. The highest BCUT2D eigenvalue weighted by Crippen LogP contribution is 2.32. The molecular weight excluding hydrogens is 1260 g/mol. The van der Waals surface area contributed by atoms with Gasteiger partial charge >= 0.3 is 24.4 Å². The zero-order valence-electron chi connectivity index (χ0n) is 59.4. The molecule has 18 nitrogen and oxygen atoms in total. The van der Waals surface area contributed by atoms with E-state index in [0.717, 1.165) is 44.5 Å². The van der Waals surface area contributed by atoms with E-state index in [4.69, 9.17) is 47.4 Å². The zero-order valence-corrected chi connectivity index (χ0v) is 59.4. The van der Waals surface area contributed by atoms with Crippen molar-refractivity contribution in [3.63, 3.8) is 0 Å². The molecule has 0 saturated carbocycles. The van der Waals surface area contributed by atoms with Crippen LogP contribution >= 0.6 is 0 Å². The van der Waals surface area contributed by atoms with Gasteiger partial charge in [0.05, 0.1) is 83.5 Å². The number of amides is 4. The molecule has 534 valence electrons. The third-order valence-electron chi connectivity index (χ3n) is 15.3. The Morgan fingerprint density at radius 1 is 0.350 bits per heavy atom. The number of benzene rings is 6. The number of nitrogens with one attached hydrogen (secondary N) is 4. The Kier molecular flexibility index (Phi) is 34.3. The Labute approximate surface area is 592 Å². The molecule has 4 amide bonds. The maximum atomic E-state index is 12.8. The fourth-order valence-corrected chi connectivity index (χ4v) is 10.0. The number of hydrogen-bond acceptors (Lipinski definition) is 14. The molecule has 0 radical (unpaired) electrons. The second-order valence-electron chi connectivity index (χ2n) is 26.2. The number of carbonyl (C=O) groups excluding carboxylic acids is 4. The van der Waals surface area contributed by atoms with Crippen molar-refractivity contribution in [3.05, 3.63) is 267 Å². The SMILES string of the molecule is C=CCOCC(COC)(COCC=C)COC(=O)Nc1ccc(Cc2ccc(NC(=O)Oc3ccc(C(C)(C)C)cc3CC=C)cc2)cc1.C=CCOCC(COCC=C)(COCC=C)COC(=O)Nc1ccc(Cc2ccc(NC(=O)Oc3ccc(C(C)(C)C)cc3CC=C)cc2)cc1. The summed E-state index contributed by atoms with van der Waals surface area (Å²) in [6.45, 7) is 42.2. The van der Waals surface area contributed by atoms with Crippen molar-refractivity contribution < 1.29 is 66.5 Å². The van der Waals surface area contributed by atoms with Gasteiger partial charge in [0.2, 0.25) is 0 Å². The minimum absolute atomic E-state index is 0.00577. The maximum Gasteiger partial charge on any atom is 0.417 e. The Bertz CT molecular complexity index is 3540. The molecule has 0 aliphatic rings. The predicted molar refractivity (Wildman–Crippen MR) is 401 cm³/mol. The van der Waals surface area contributed by atoms with Gasteiger partial charge in [-0.05, 0) is 142 Å². The van der Waals surface area contributed by atoms with E-state index in [2.05, 4.69) is 121 Å². The van der Waals surface area contributed by atoms with Gasteiger partial charge in [-0.25, -0.2) is 19.2 Å². The molecule has 0 aromatic heterocycles. The molecule has 0 saturated heterocycles. The van der Waals surface area contributed by atoms with Crippen LogP contribution in [0.5, 0.6) is 11.5 Å². The summed E-state index contributed by atoms with van der Waals surface area (Å²) in [6, 6.07) is 41.9. The third kappa shape index (κ3) is 29.0. The lowest BCUT2D eigenvalue weighted by Crippen LogP contribution is -2.42. The Hall–Kier alpha value is -9.66. The van der Waals surface area contributed by atoms with Crippen molar-refractivity contribution in [1.82, 2.24) is 0 Å². The second kappa shape index (κ2) is 42.3. The number of methoxy groups -OCH3 is 1. The fourth-order valence-electron chi connectivity index (χ4n) is 10.0. The van der Waals surface area contributed by atoms with Crippen LogP contribution in [-0.4, -0.2) is 117 Å². The van der Waals surface area contributed by atoms with Crippen molar-refractivity contribution in [1.29, 1.82) is 0 Å². The smallest absolute Gasteiger partial charge is 0.417 e. The number of anilines is 4. The van der Waals surface area contributed by atoms with Crippen molar-refractivity contribution in [3.8, 4) is 11.5 Å². The van der Waals surface area contributed by atoms with E-state index >= 15 is 0 Å². The fraction of sp³-hybridized carbons (Fsp3) is 0.341. The summed E-state index contributed by atoms with van der Waals surface area (Å²) < 4.78 is 56.4. The van der Waals surface area contributed by atoms with Gasteiger partial charge in [-0.1, -0.05) is 157 Å². The van der Waals surface area contributed by atoms with Gasteiger partial charge in [0.1, 0.15) is 24.7 Å². The van der Waals surface area contributed by atoms with E-state index in [1.54, 1.807) is 49.6 Å². The summed E-state index contributed by atoms with van der Waals surface area (Å²) in [5.74, 6) is 1.02. The summed E-state index contributed by atoms with van der Waals surface area (Å²) in [5, 5.41) is 11.2. The number of rotatable bonds is 40. The Balaban J connectivity index is 0.000000361. The summed E-state index contributed by atoms with van der Waals surface area (Å²) in [5.41, 5.74) is 9.27. The minimum atomic E-state index is -0.741. The summed E-state index contributed by atoms with van der Waals surface area (Å²) in [6.07, 6.45) is 12.0. The molecular formula is C82H102N4O14. The van der Waals surface area contributed by atoms with Crippen molar-refractivity contribution in [2.24, 2.45) is 10.8 Å². The standard InChI is InChI=1S/C42H52N2O7.C40H50N2O7/c1-8-12-34-27-35(41(5,6)7)17-22-38(34)51-40(46)44-37-20-15-33(16-21-37)26-32-13-18-36(19-14-32)43-39(45)50-31-42(28-47-23-9-2,29-48-24-10-3)30-49-25-11-4;1-8-11-32-25-33(39(4,5)6)16-21-36(32)49-38(44)42-35-19-14-31(15-20-35)24-30-12-17-34(18-13-30)41-37(43)48-29-40(26-45-7,27-46-22-9-2)28-47-23-10-3/h8-11,13-22,27H,1-4,12,23-26,28-31H2,5-7H3,(H,43,45)(H,44,46);8-10,12-21,25H,1-3,11,22-24,26-29H2,4-7H3,(H,41,43)(H,42,44). The first-order valence-electron chi connectivity index (χ1n) is 33.1. The predicted octanol–water partition coefficient (Wildman–Crippen LogP) is 17.6. The molecule has 4 N–H and O–H groups in total. The molecule has 0 aliphatic heterocycles. The lowest BCUT2D eigenvalue weighted by atomic mass is 9.85. The van der Waals surface area contributed by atoms with Crippen LogP contribution in [0.4, 0.5) is 41.9 Å². The molecule has 6 aromatic carbocycles. The lowest BCUT2D eigenvalue weighted by Gasteiger charge is -2.32. The van der Waals surface area contributed by atoms with Gasteiger partial charge in [0.25, 0.3) is 0 Å². The Morgan fingerprint density at radius 3 is 0.870 bits per heavy atom. The van der Waals surface area contributed by atoms with Crippen LogP contribution in [0.2, 0.25) is 0 Å². The molecule has 0 atom stereocenters. The van der Waals surface area contributed by atoms with Gasteiger partial charge in [-0.15, -0.1) is 46.1 Å².